The fourth-order valence-corrected chi connectivity index (χ4v) is 22.2. The van der Waals surface area contributed by atoms with Crippen LogP contribution in [0.1, 0.15) is 0 Å². The van der Waals surface area contributed by atoms with Gasteiger partial charge in [-0.25, -0.2) is 0 Å². The summed E-state index contributed by atoms with van der Waals surface area (Å²) in [4.78, 5) is 0. The SMILES string of the molecule is c1ccc(-c2cc(-c3ccccc3)cc(-n3c4ccccc4c4cc5oc6ccccc6c5cc43)c2)cc1.c1ccc(-c2cccc(-n3c4ccccc4c4cc5oc6ccccc6c5cc43)c2)cc1.c1ccc(-c2cccc3cc(-n4c5ccccc5c5cc6oc7ccccc7c6cc54)ccc23)cc1.c1ccc(-c2cccc3cc(-n4c5ccccc5c5cc6oc7ccccc7c6cc54)ccc23)cc1. The molecule has 0 N–H and O–H groups in total. The predicted octanol–water partition coefficient (Wildman–Crippen LogP) is 37.4. The van der Waals surface area contributed by atoms with Gasteiger partial charge in [-0.05, 0) is 229 Å². The van der Waals surface area contributed by atoms with Gasteiger partial charge in [0.2, 0.25) is 0 Å². The molecule has 0 aliphatic rings. The zero-order valence-electron chi connectivity index (χ0n) is 76.9. The molecule has 0 saturated heterocycles. The highest BCUT2D eigenvalue weighted by molar-refractivity contribution is 6.22. The van der Waals surface area contributed by atoms with Gasteiger partial charge in [-0.1, -0.05) is 358 Å². The highest BCUT2D eigenvalue weighted by Crippen LogP contribution is 2.47. The van der Waals surface area contributed by atoms with Crippen molar-refractivity contribution in [3.05, 3.63) is 510 Å². The van der Waals surface area contributed by atoms with E-state index in [0.717, 1.165) is 111 Å². The summed E-state index contributed by atoms with van der Waals surface area (Å²) >= 11 is 0. The van der Waals surface area contributed by atoms with Gasteiger partial charge in [0, 0.05) is 109 Å². The molecule has 8 aromatic heterocycles. The number of hydrogen-bond acceptors (Lipinski definition) is 4. The van der Waals surface area contributed by atoms with Crippen LogP contribution in [0.2, 0.25) is 0 Å². The number of para-hydroxylation sites is 8. The molecular formula is C134H84N4O4. The molecular weight excluding hydrogens is 1730 g/mol. The summed E-state index contributed by atoms with van der Waals surface area (Å²) in [6.07, 6.45) is 0. The average molecular weight is 1810 g/mol. The lowest BCUT2D eigenvalue weighted by molar-refractivity contribution is 0.669. The van der Waals surface area contributed by atoms with Gasteiger partial charge in [-0.15, -0.1) is 0 Å². The molecule has 0 saturated carbocycles. The maximum atomic E-state index is 6.27. The molecule has 0 amide bonds. The lowest BCUT2D eigenvalue weighted by atomic mass is 9.98. The molecule has 0 aliphatic carbocycles. The first-order chi connectivity index (χ1) is 70.4. The highest BCUT2D eigenvalue weighted by Gasteiger charge is 2.25. The molecule has 142 heavy (non-hydrogen) atoms. The Kier molecular flexibility index (Phi) is 19.2. The third-order valence-electron chi connectivity index (χ3n) is 28.7. The molecule has 23 aromatic carbocycles. The highest BCUT2D eigenvalue weighted by atomic mass is 16.3. The normalized spacial score (nSPS) is 11.8. The standard InChI is InChI=1S/C36H23NO.2C34H21NO.C30H19NO/c1-3-11-24(12-4-1)26-19-27(25-13-5-2-6-14-25)21-28(20-26)37-33-17-9-7-15-29(33)31-23-36-32(22-34(31)37)30-16-8-10-18-35(30)38-36;2*1-2-9-22(10-3-1)25-14-8-11-23-19-24(17-18-26(23)25)35-31-15-6-4-12-27(31)29-21-34-30(20-32(29)35)28-13-5-7-16-33(28)36-34;1-2-9-20(10-3-1)21-11-8-12-22(17-21)31-27-15-6-4-13-23(27)25-19-30-26(18-28(25)31)24-14-5-7-16-29(24)32-30/h1-23H;2*1-21H;1-19H. The molecule has 0 aliphatic heterocycles. The van der Waals surface area contributed by atoms with Crippen molar-refractivity contribution in [2.75, 3.05) is 0 Å². The molecule has 31 rings (SSSR count). The Bertz CT molecular complexity index is 10100. The van der Waals surface area contributed by atoms with Gasteiger partial charge in [-0.2, -0.15) is 0 Å². The van der Waals surface area contributed by atoms with Crippen molar-refractivity contribution in [3.8, 4) is 78.4 Å². The molecule has 8 heterocycles. The van der Waals surface area contributed by atoms with E-state index in [9.17, 15) is 0 Å². The molecule has 0 bridgehead atoms. The van der Waals surface area contributed by atoms with Gasteiger partial charge in [0.15, 0.2) is 0 Å². The molecule has 0 spiro atoms. The molecule has 0 unspecified atom stereocenters. The fraction of sp³-hybridized carbons (Fsp3) is 0. The Hall–Kier alpha value is -19.0. The minimum Gasteiger partial charge on any atom is -0.456 e. The summed E-state index contributed by atoms with van der Waals surface area (Å²) < 4.78 is 34.5. The fourth-order valence-electron chi connectivity index (χ4n) is 22.2. The second-order valence-corrected chi connectivity index (χ2v) is 36.8. The van der Waals surface area contributed by atoms with Crippen molar-refractivity contribution in [2.45, 2.75) is 0 Å². The van der Waals surface area contributed by atoms with Crippen LogP contribution in [0.15, 0.2) is 527 Å². The van der Waals surface area contributed by atoms with Crippen molar-refractivity contribution in [2.24, 2.45) is 0 Å². The summed E-state index contributed by atoms with van der Waals surface area (Å²) in [6, 6.07) is 181. The van der Waals surface area contributed by atoms with E-state index in [4.69, 9.17) is 17.7 Å². The van der Waals surface area contributed by atoms with Crippen LogP contribution in [0.3, 0.4) is 0 Å². The maximum Gasteiger partial charge on any atom is 0.136 e. The summed E-state index contributed by atoms with van der Waals surface area (Å²) in [5.41, 5.74) is 33.8. The van der Waals surface area contributed by atoms with Crippen LogP contribution in [0.5, 0.6) is 0 Å². The zero-order chi connectivity index (χ0) is 93.4. The van der Waals surface area contributed by atoms with Gasteiger partial charge in [0.25, 0.3) is 0 Å². The van der Waals surface area contributed by atoms with Crippen LogP contribution in [0, 0.1) is 0 Å². The molecule has 0 atom stereocenters. The Morgan fingerprint density at radius 2 is 0.366 bits per heavy atom. The largest absolute Gasteiger partial charge is 0.456 e. The minimum atomic E-state index is 0.920. The second kappa shape index (κ2) is 33.5. The lowest BCUT2D eigenvalue weighted by Gasteiger charge is -2.14. The van der Waals surface area contributed by atoms with Crippen LogP contribution in [0.25, 0.3) is 275 Å². The van der Waals surface area contributed by atoms with E-state index in [1.54, 1.807) is 0 Å². The monoisotopic (exact) mass is 1810 g/mol. The van der Waals surface area contributed by atoms with Gasteiger partial charge in [0.1, 0.15) is 44.7 Å². The first kappa shape index (κ1) is 81.3. The van der Waals surface area contributed by atoms with Crippen molar-refractivity contribution in [1.29, 1.82) is 0 Å². The van der Waals surface area contributed by atoms with E-state index < -0.39 is 0 Å². The van der Waals surface area contributed by atoms with Crippen LogP contribution >= 0.6 is 0 Å². The number of hydrogen-bond donors (Lipinski definition) is 0. The summed E-state index contributed by atoms with van der Waals surface area (Å²) in [6.45, 7) is 0. The van der Waals surface area contributed by atoms with Crippen molar-refractivity contribution in [3.63, 3.8) is 0 Å². The maximum absolute atomic E-state index is 6.27. The minimum absolute atomic E-state index is 0.920. The van der Waals surface area contributed by atoms with Crippen LogP contribution < -0.4 is 0 Å². The Morgan fingerprint density at radius 1 is 0.113 bits per heavy atom. The topological polar surface area (TPSA) is 72.3 Å². The van der Waals surface area contributed by atoms with E-state index in [1.165, 1.54) is 164 Å². The van der Waals surface area contributed by atoms with Crippen LogP contribution in [-0.4, -0.2) is 18.3 Å². The third-order valence-corrected chi connectivity index (χ3v) is 28.7. The van der Waals surface area contributed by atoms with E-state index in [-0.39, 0.29) is 0 Å². The number of rotatable bonds is 9. The van der Waals surface area contributed by atoms with Gasteiger partial charge < -0.3 is 35.9 Å². The van der Waals surface area contributed by atoms with Gasteiger partial charge >= 0.3 is 0 Å². The Morgan fingerprint density at radius 3 is 0.697 bits per heavy atom. The Balaban J connectivity index is 0.0000000926. The summed E-state index contributed by atoms with van der Waals surface area (Å²) in [7, 11) is 0. The third kappa shape index (κ3) is 13.7. The van der Waals surface area contributed by atoms with Crippen molar-refractivity contribution >= 4 is 197 Å². The van der Waals surface area contributed by atoms with E-state index in [2.05, 4.69) is 479 Å². The van der Waals surface area contributed by atoms with Crippen molar-refractivity contribution in [1.82, 2.24) is 18.3 Å². The summed E-state index contributed by atoms with van der Waals surface area (Å²) in [5.74, 6) is 0. The smallest absolute Gasteiger partial charge is 0.136 e. The molecule has 0 radical (unpaired) electrons. The first-order valence-electron chi connectivity index (χ1n) is 48.4. The van der Waals surface area contributed by atoms with Crippen molar-refractivity contribution < 1.29 is 17.7 Å². The van der Waals surface area contributed by atoms with Crippen LogP contribution in [0.4, 0.5) is 0 Å². The van der Waals surface area contributed by atoms with E-state index in [1.807, 2.05) is 48.5 Å². The van der Waals surface area contributed by atoms with Gasteiger partial charge in [0.05, 0.1) is 44.1 Å². The van der Waals surface area contributed by atoms with E-state index in [0.29, 0.717) is 0 Å². The molecule has 8 nitrogen and oxygen atoms in total. The average Bonchev–Trinajstić information content (AvgIpc) is 1.58. The zero-order valence-corrected chi connectivity index (χ0v) is 76.9. The molecule has 8 heteroatoms. The quantitative estimate of drug-likeness (QED) is 0.144. The molecule has 0 fully saturated rings. The number of benzene rings is 23. The molecule has 664 valence electrons. The van der Waals surface area contributed by atoms with Gasteiger partial charge in [-0.3, -0.25) is 0 Å². The number of aromatic nitrogens is 4. The van der Waals surface area contributed by atoms with E-state index >= 15 is 0 Å². The second-order valence-electron chi connectivity index (χ2n) is 36.8. The molecule has 31 aromatic rings. The lowest BCUT2D eigenvalue weighted by Crippen LogP contribution is -1.96. The first-order valence-corrected chi connectivity index (χ1v) is 48.4. The number of fused-ring (bicyclic) bond motifs is 26. The van der Waals surface area contributed by atoms with Crippen LogP contribution in [-0.2, 0) is 0 Å². The predicted molar refractivity (Wildman–Crippen MR) is 594 cm³/mol. The summed E-state index contributed by atoms with van der Waals surface area (Å²) in [5, 5.41) is 23.9. The number of furan rings is 4. The number of nitrogens with zero attached hydrogens (tertiary/aromatic N) is 4. The Labute approximate surface area is 814 Å².